The fraction of sp³-hybridized carbons (Fsp3) is 0.200. The first kappa shape index (κ1) is 14.0. The van der Waals surface area contributed by atoms with Crippen molar-refractivity contribution in [3.63, 3.8) is 0 Å². The molecular weight excluding hydrogens is 282 g/mol. The first-order valence-electron chi connectivity index (χ1n) is 6.87. The Morgan fingerprint density at radius 2 is 2.14 bits per heavy atom. The van der Waals surface area contributed by atoms with E-state index in [0.29, 0.717) is 18.7 Å². The Morgan fingerprint density at radius 3 is 2.86 bits per heavy atom. The third kappa shape index (κ3) is 3.03. The second kappa shape index (κ2) is 6.21. The number of nitrogens with zero attached hydrogens (tertiary/aromatic N) is 4. The van der Waals surface area contributed by atoms with Crippen LogP contribution in [-0.4, -0.2) is 32.4 Å². The molecule has 7 heteroatoms. The third-order valence-corrected chi connectivity index (χ3v) is 3.24. The molecule has 3 rings (SSSR count). The maximum absolute atomic E-state index is 12.0. The van der Waals surface area contributed by atoms with Gasteiger partial charge >= 0.3 is 0 Å². The smallest absolute Gasteiger partial charge is 0.289 e. The molecule has 1 N–H and O–H groups in total. The Kier molecular flexibility index (Phi) is 3.95. The molecule has 112 valence electrons. The van der Waals surface area contributed by atoms with Crippen LogP contribution in [0.4, 0.5) is 0 Å². The lowest BCUT2D eigenvalue weighted by molar-refractivity contribution is 0.0917. The summed E-state index contributed by atoms with van der Waals surface area (Å²) in [4.78, 5) is 12.0. The third-order valence-electron chi connectivity index (χ3n) is 3.24. The van der Waals surface area contributed by atoms with Gasteiger partial charge < -0.3 is 14.4 Å². The number of carbonyl (C=O) groups excluding carboxylic acids is 1. The minimum atomic E-state index is -0.295. The first-order valence-corrected chi connectivity index (χ1v) is 6.87. The van der Waals surface area contributed by atoms with E-state index in [4.69, 9.17) is 4.52 Å². The Labute approximate surface area is 127 Å². The molecule has 0 atom stereocenters. The summed E-state index contributed by atoms with van der Waals surface area (Å²) in [6.07, 6.45) is 2.22. The van der Waals surface area contributed by atoms with Crippen molar-refractivity contribution in [2.75, 3.05) is 6.54 Å². The van der Waals surface area contributed by atoms with Gasteiger partial charge in [0.15, 0.2) is 0 Å². The molecular formula is C15H15N5O2. The lowest BCUT2D eigenvalue weighted by atomic mass is 10.1. The lowest BCUT2D eigenvalue weighted by Crippen LogP contribution is -2.26. The van der Waals surface area contributed by atoms with Crippen LogP contribution in [0.1, 0.15) is 16.4 Å². The van der Waals surface area contributed by atoms with Crippen LogP contribution in [0.5, 0.6) is 0 Å². The highest BCUT2D eigenvalue weighted by Crippen LogP contribution is 2.18. The zero-order valence-corrected chi connectivity index (χ0v) is 12.1. The maximum Gasteiger partial charge on any atom is 0.289 e. The summed E-state index contributed by atoms with van der Waals surface area (Å²) in [5.74, 6) is 0.705. The molecule has 0 radical (unpaired) electrons. The van der Waals surface area contributed by atoms with Gasteiger partial charge in [-0.2, -0.15) is 0 Å². The van der Waals surface area contributed by atoms with Gasteiger partial charge in [-0.05, 0) is 0 Å². The predicted molar refractivity (Wildman–Crippen MR) is 79.0 cm³/mol. The molecule has 2 aromatic heterocycles. The summed E-state index contributed by atoms with van der Waals surface area (Å²) in [7, 11) is 1.86. The topological polar surface area (TPSA) is 85.8 Å². The minimum Gasteiger partial charge on any atom is -0.350 e. The average molecular weight is 297 g/mol. The number of amides is 1. The van der Waals surface area contributed by atoms with Gasteiger partial charge in [0.1, 0.15) is 17.8 Å². The number of aromatic nitrogens is 4. The van der Waals surface area contributed by atoms with Gasteiger partial charge in [-0.1, -0.05) is 35.5 Å². The number of hydrogen-bond donors (Lipinski definition) is 1. The van der Waals surface area contributed by atoms with Crippen molar-refractivity contribution in [2.24, 2.45) is 7.05 Å². The molecule has 3 aromatic rings. The van der Waals surface area contributed by atoms with Gasteiger partial charge in [0.25, 0.3) is 5.91 Å². The van der Waals surface area contributed by atoms with E-state index in [-0.39, 0.29) is 11.7 Å². The van der Waals surface area contributed by atoms with E-state index >= 15 is 0 Å². The number of nitrogens with one attached hydrogen (secondary N) is 1. The van der Waals surface area contributed by atoms with E-state index < -0.39 is 0 Å². The quantitative estimate of drug-likeness (QED) is 0.770. The van der Waals surface area contributed by atoms with E-state index in [0.717, 1.165) is 11.4 Å². The molecule has 1 amide bonds. The van der Waals surface area contributed by atoms with E-state index in [9.17, 15) is 4.79 Å². The van der Waals surface area contributed by atoms with Crippen molar-refractivity contribution in [3.05, 3.63) is 54.3 Å². The zero-order valence-electron chi connectivity index (χ0n) is 12.1. The summed E-state index contributed by atoms with van der Waals surface area (Å²) in [6.45, 7) is 0.451. The molecule has 0 aliphatic heterocycles. The van der Waals surface area contributed by atoms with E-state index in [1.807, 2.05) is 41.9 Å². The monoisotopic (exact) mass is 297 g/mol. The number of benzene rings is 1. The molecule has 0 fully saturated rings. The Balaban J connectivity index is 1.59. The van der Waals surface area contributed by atoms with Gasteiger partial charge in [0.05, 0.1) is 0 Å². The molecule has 22 heavy (non-hydrogen) atoms. The molecule has 0 saturated heterocycles. The normalized spacial score (nSPS) is 10.6. The van der Waals surface area contributed by atoms with Gasteiger partial charge in [-0.25, -0.2) is 0 Å². The van der Waals surface area contributed by atoms with Crippen LogP contribution in [0.3, 0.4) is 0 Å². The van der Waals surface area contributed by atoms with Crippen molar-refractivity contribution in [2.45, 2.75) is 6.42 Å². The second-order valence-corrected chi connectivity index (χ2v) is 4.81. The lowest BCUT2D eigenvalue weighted by Gasteiger charge is -2.02. The van der Waals surface area contributed by atoms with Crippen LogP contribution >= 0.6 is 0 Å². The molecule has 7 nitrogen and oxygen atoms in total. The number of aryl methyl sites for hydroxylation is 1. The van der Waals surface area contributed by atoms with Gasteiger partial charge in [0.2, 0.25) is 5.76 Å². The molecule has 0 aliphatic rings. The van der Waals surface area contributed by atoms with Crippen LogP contribution in [-0.2, 0) is 13.5 Å². The molecule has 0 unspecified atom stereocenters. The molecule has 0 spiro atoms. The molecule has 1 aromatic carbocycles. The fourth-order valence-corrected chi connectivity index (χ4v) is 2.04. The van der Waals surface area contributed by atoms with Crippen LogP contribution in [0.25, 0.3) is 11.3 Å². The summed E-state index contributed by atoms with van der Waals surface area (Å²) >= 11 is 0. The molecule has 0 saturated carbocycles. The highest BCUT2D eigenvalue weighted by molar-refractivity contribution is 5.92. The molecule has 0 bridgehead atoms. The van der Waals surface area contributed by atoms with Crippen LogP contribution in [0.2, 0.25) is 0 Å². The average Bonchev–Trinajstić information content (AvgIpc) is 3.18. The van der Waals surface area contributed by atoms with Crippen LogP contribution in [0, 0.1) is 0 Å². The largest absolute Gasteiger partial charge is 0.350 e. The second-order valence-electron chi connectivity index (χ2n) is 4.81. The number of rotatable bonds is 5. The van der Waals surface area contributed by atoms with Crippen molar-refractivity contribution >= 4 is 5.91 Å². The van der Waals surface area contributed by atoms with Crippen LogP contribution in [0.15, 0.2) is 47.2 Å². The predicted octanol–water partition coefficient (Wildman–Crippen LogP) is 1.44. The van der Waals surface area contributed by atoms with Crippen molar-refractivity contribution in [3.8, 4) is 11.3 Å². The summed E-state index contributed by atoms with van der Waals surface area (Å²) in [5.41, 5.74) is 1.54. The highest BCUT2D eigenvalue weighted by atomic mass is 16.5. The van der Waals surface area contributed by atoms with Crippen molar-refractivity contribution in [1.29, 1.82) is 0 Å². The van der Waals surface area contributed by atoms with Gasteiger partial charge in [-0.3, -0.25) is 4.79 Å². The van der Waals surface area contributed by atoms with E-state index in [2.05, 4.69) is 20.7 Å². The number of carbonyl (C=O) groups is 1. The SMILES string of the molecule is Cn1cnnc1CCNC(=O)c1cc(-c2ccccc2)no1. The van der Waals surface area contributed by atoms with E-state index in [1.165, 1.54) is 0 Å². The molecule has 2 heterocycles. The highest BCUT2D eigenvalue weighted by Gasteiger charge is 2.13. The summed E-state index contributed by atoms with van der Waals surface area (Å²) in [6, 6.07) is 11.2. The Hall–Kier alpha value is -2.96. The Morgan fingerprint density at radius 1 is 1.32 bits per heavy atom. The Bertz CT molecular complexity index is 763. The maximum atomic E-state index is 12.0. The summed E-state index contributed by atoms with van der Waals surface area (Å²) in [5, 5.41) is 14.4. The van der Waals surface area contributed by atoms with E-state index in [1.54, 1.807) is 12.4 Å². The number of hydrogen-bond acceptors (Lipinski definition) is 5. The van der Waals surface area contributed by atoms with Crippen molar-refractivity contribution < 1.29 is 9.32 Å². The van der Waals surface area contributed by atoms with Gasteiger partial charge in [-0.15, -0.1) is 10.2 Å². The molecule has 0 aliphatic carbocycles. The van der Waals surface area contributed by atoms with Crippen LogP contribution < -0.4 is 5.32 Å². The first-order chi connectivity index (χ1) is 10.7. The van der Waals surface area contributed by atoms with Crippen molar-refractivity contribution in [1.82, 2.24) is 25.2 Å². The zero-order chi connectivity index (χ0) is 15.4. The minimum absolute atomic E-state index is 0.191. The fourth-order valence-electron chi connectivity index (χ4n) is 2.04. The standard InChI is InChI=1S/C15H15N5O2/c1-20-10-17-18-14(20)7-8-16-15(21)13-9-12(19-22-13)11-5-3-2-4-6-11/h2-6,9-10H,7-8H2,1H3,(H,16,21). The van der Waals surface area contributed by atoms with Gasteiger partial charge in [0, 0.05) is 31.6 Å². The summed E-state index contributed by atoms with van der Waals surface area (Å²) < 4.78 is 6.91.